The number of hydrogen-bond acceptors (Lipinski definition) is 7. The summed E-state index contributed by atoms with van der Waals surface area (Å²) in [5.74, 6) is 1.31. The second-order valence-corrected chi connectivity index (χ2v) is 11.2. The summed E-state index contributed by atoms with van der Waals surface area (Å²) in [6.07, 6.45) is 2.47. The average molecular weight is 540 g/mol. The van der Waals surface area contributed by atoms with Crippen LogP contribution in [0.15, 0.2) is 39.9 Å². The van der Waals surface area contributed by atoms with Gasteiger partial charge in [0, 0.05) is 50.9 Å². The third kappa shape index (κ3) is 6.92. The van der Waals surface area contributed by atoms with Gasteiger partial charge in [-0.3, -0.25) is 18.8 Å². The standard InChI is InChI=1S/C30H45N5O4/c1-7-13-30(14-8-2,39-25-11-9-24(20-31)10-12-25)26(36)21-32-15-17-33(18-16-32)27-19-28(37)35(23(5)6)29(38)34(27)22(3)4/h9-12,19,22-23,26,36H,7-8,13-18,21H2,1-6H3. The van der Waals surface area contributed by atoms with Crippen LogP contribution in [0.25, 0.3) is 0 Å². The summed E-state index contributed by atoms with van der Waals surface area (Å²) >= 11 is 0. The van der Waals surface area contributed by atoms with E-state index in [2.05, 4.69) is 29.7 Å². The fourth-order valence-corrected chi connectivity index (χ4v) is 5.64. The fraction of sp³-hybridized carbons (Fsp3) is 0.633. The maximum absolute atomic E-state index is 13.2. The zero-order valence-corrected chi connectivity index (χ0v) is 24.4. The number of anilines is 1. The number of nitrogens with zero attached hydrogens (tertiary/aromatic N) is 5. The molecule has 0 saturated carbocycles. The molecule has 1 unspecified atom stereocenters. The summed E-state index contributed by atoms with van der Waals surface area (Å²) < 4.78 is 9.53. The van der Waals surface area contributed by atoms with Crippen molar-refractivity contribution in [3.63, 3.8) is 0 Å². The minimum atomic E-state index is -0.728. The van der Waals surface area contributed by atoms with E-state index in [4.69, 9.17) is 10.00 Å². The number of β-amino-alcohol motifs (C(OH)–C–C–N with tert-alkyl or cyclic N) is 1. The van der Waals surface area contributed by atoms with Gasteiger partial charge in [-0.15, -0.1) is 0 Å². The Morgan fingerprint density at radius 3 is 2.00 bits per heavy atom. The molecule has 2 aromatic rings. The summed E-state index contributed by atoms with van der Waals surface area (Å²) in [6, 6.07) is 10.5. The molecule has 1 aromatic heterocycles. The molecule has 1 atom stereocenters. The molecule has 0 amide bonds. The van der Waals surface area contributed by atoms with E-state index in [1.54, 1.807) is 34.9 Å². The van der Waals surface area contributed by atoms with Crippen LogP contribution in [0.4, 0.5) is 5.82 Å². The molecule has 1 aliphatic rings. The van der Waals surface area contributed by atoms with Crippen molar-refractivity contribution in [3.05, 3.63) is 56.7 Å². The van der Waals surface area contributed by atoms with E-state index >= 15 is 0 Å². The van der Waals surface area contributed by atoms with Crippen molar-refractivity contribution in [1.29, 1.82) is 5.26 Å². The number of hydrogen-bond donors (Lipinski definition) is 1. The van der Waals surface area contributed by atoms with Gasteiger partial charge in [-0.1, -0.05) is 26.7 Å². The third-order valence-electron chi connectivity index (χ3n) is 7.57. The van der Waals surface area contributed by atoms with E-state index in [0.29, 0.717) is 49.9 Å². The molecule has 1 fully saturated rings. The molecular formula is C30H45N5O4. The van der Waals surface area contributed by atoms with E-state index in [-0.39, 0.29) is 23.3 Å². The van der Waals surface area contributed by atoms with Crippen LogP contribution >= 0.6 is 0 Å². The largest absolute Gasteiger partial charge is 0.485 e. The Hall–Kier alpha value is -3.09. The highest BCUT2D eigenvalue weighted by molar-refractivity contribution is 5.40. The zero-order chi connectivity index (χ0) is 28.7. The van der Waals surface area contributed by atoms with Gasteiger partial charge >= 0.3 is 5.69 Å². The first-order chi connectivity index (χ1) is 18.6. The lowest BCUT2D eigenvalue weighted by atomic mass is 9.86. The Morgan fingerprint density at radius 1 is 0.949 bits per heavy atom. The smallest absolute Gasteiger partial charge is 0.333 e. The van der Waals surface area contributed by atoms with Crippen molar-refractivity contribution in [3.8, 4) is 11.8 Å². The van der Waals surface area contributed by atoms with Crippen LogP contribution in [0.1, 0.15) is 84.9 Å². The van der Waals surface area contributed by atoms with Gasteiger partial charge in [-0.05, 0) is 64.8 Å². The van der Waals surface area contributed by atoms with E-state index in [1.165, 1.54) is 4.57 Å². The molecule has 0 radical (unpaired) electrons. The second kappa shape index (κ2) is 13.3. The van der Waals surface area contributed by atoms with Crippen LogP contribution in [-0.4, -0.2) is 63.6 Å². The number of nitriles is 1. The van der Waals surface area contributed by atoms with Crippen LogP contribution in [0.5, 0.6) is 5.75 Å². The summed E-state index contributed by atoms with van der Waals surface area (Å²) in [5.41, 5.74) is -0.705. The van der Waals surface area contributed by atoms with Crippen LogP contribution in [0.2, 0.25) is 0 Å². The highest BCUT2D eigenvalue weighted by Crippen LogP contribution is 2.32. The van der Waals surface area contributed by atoms with Gasteiger partial charge < -0.3 is 14.7 Å². The number of aliphatic hydroxyl groups excluding tert-OH is 1. The van der Waals surface area contributed by atoms with Gasteiger partial charge in [0.15, 0.2) is 0 Å². The van der Waals surface area contributed by atoms with Gasteiger partial charge in [0.05, 0.1) is 11.6 Å². The Morgan fingerprint density at radius 2 is 1.51 bits per heavy atom. The number of aliphatic hydroxyl groups is 1. The van der Waals surface area contributed by atoms with Gasteiger partial charge in [0.2, 0.25) is 0 Å². The van der Waals surface area contributed by atoms with Crippen LogP contribution in [-0.2, 0) is 0 Å². The van der Waals surface area contributed by atoms with E-state index in [0.717, 1.165) is 25.7 Å². The predicted molar refractivity (Wildman–Crippen MR) is 155 cm³/mol. The van der Waals surface area contributed by atoms with Gasteiger partial charge in [0.25, 0.3) is 5.56 Å². The van der Waals surface area contributed by atoms with Crippen molar-refractivity contribution in [2.24, 2.45) is 0 Å². The highest BCUT2D eigenvalue weighted by Gasteiger charge is 2.40. The van der Waals surface area contributed by atoms with Crippen molar-refractivity contribution in [2.75, 3.05) is 37.6 Å². The molecule has 9 heteroatoms. The maximum Gasteiger partial charge on any atom is 0.333 e. The molecule has 1 aromatic carbocycles. The second-order valence-electron chi connectivity index (χ2n) is 11.2. The Labute approximate surface area is 232 Å². The van der Waals surface area contributed by atoms with Crippen molar-refractivity contribution >= 4 is 5.82 Å². The molecule has 9 nitrogen and oxygen atoms in total. The molecular weight excluding hydrogens is 494 g/mol. The average Bonchev–Trinajstić information content (AvgIpc) is 2.89. The highest BCUT2D eigenvalue weighted by atomic mass is 16.5. The Balaban J connectivity index is 1.77. The van der Waals surface area contributed by atoms with Gasteiger partial charge in [-0.2, -0.15) is 5.26 Å². The first kappa shape index (κ1) is 30.5. The molecule has 39 heavy (non-hydrogen) atoms. The molecule has 0 spiro atoms. The van der Waals surface area contributed by atoms with E-state index in [1.807, 2.05) is 27.7 Å². The zero-order valence-electron chi connectivity index (χ0n) is 24.4. The first-order valence-corrected chi connectivity index (χ1v) is 14.3. The summed E-state index contributed by atoms with van der Waals surface area (Å²) in [4.78, 5) is 30.3. The van der Waals surface area contributed by atoms with Crippen LogP contribution in [0.3, 0.4) is 0 Å². The minimum absolute atomic E-state index is 0.0824. The fourth-order valence-electron chi connectivity index (χ4n) is 5.64. The number of rotatable bonds is 12. The molecule has 1 aliphatic heterocycles. The SMILES string of the molecule is CCCC(CCC)(Oc1ccc(C#N)cc1)C(O)CN1CCN(c2cc(=O)n(C(C)C)c(=O)n2C(C)C)CC1. The van der Waals surface area contributed by atoms with Crippen LogP contribution in [0, 0.1) is 11.3 Å². The van der Waals surface area contributed by atoms with E-state index < -0.39 is 11.7 Å². The third-order valence-corrected chi connectivity index (χ3v) is 7.57. The number of piperazine rings is 1. The van der Waals surface area contributed by atoms with Crippen LogP contribution < -0.4 is 20.9 Å². The molecule has 3 rings (SSSR count). The molecule has 0 bridgehead atoms. The van der Waals surface area contributed by atoms with Crippen molar-refractivity contribution in [2.45, 2.75) is 91.0 Å². The van der Waals surface area contributed by atoms with E-state index in [9.17, 15) is 14.7 Å². The van der Waals surface area contributed by atoms with Gasteiger partial charge in [-0.25, -0.2) is 4.79 Å². The number of aromatic nitrogens is 2. The molecule has 2 heterocycles. The summed E-state index contributed by atoms with van der Waals surface area (Å²) in [7, 11) is 0. The molecule has 1 N–H and O–H groups in total. The molecule has 0 aliphatic carbocycles. The lowest BCUT2D eigenvalue weighted by Gasteiger charge is -2.43. The lowest BCUT2D eigenvalue weighted by Crippen LogP contribution is -2.56. The monoisotopic (exact) mass is 539 g/mol. The summed E-state index contributed by atoms with van der Waals surface area (Å²) in [6.45, 7) is 15.0. The number of ether oxygens (including phenoxy) is 1. The molecule has 214 valence electrons. The maximum atomic E-state index is 13.2. The van der Waals surface area contributed by atoms with Crippen molar-refractivity contribution in [1.82, 2.24) is 14.0 Å². The quantitative estimate of drug-likeness (QED) is 0.436. The minimum Gasteiger partial charge on any atom is -0.485 e. The van der Waals surface area contributed by atoms with Gasteiger partial charge in [0.1, 0.15) is 23.3 Å². The lowest BCUT2D eigenvalue weighted by molar-refractivity contribution is -0.0792. The Bertz CT molecular complexity index is 1230. The first-order valence-electron chi connectivity index (χ1n) is 14.3. The topological polar surface area (TPSA) is 104 Å². The predicted octanol–water partition coefficient (Wildman–Crippen LogP) is 3.94. The Kier molecular flexibility index (Phi) is 10.4. The summed E-state index contributed by atoms with van der Waals surface area (Å²) in [5, 5.41) is 20.7. The number of benzene rings is 1. The molecule has 1 saturated heterocycles. The van der Waals surface area contributed by atoms with Crippen molar-refractivity contribution < 1.29 is 9.84 Å². The normalized spacial score (nSPS) is 15.5.